The molecule has 0 bridgehead atoms. The third-order valence-electron chi connectivity index (χ3n) is 2.28. The average molecular weight is 377 g/mol. The van der Waals surface area contributed by atoms with E-state index in [-0.39, 0.29) is 6.61 Å². The molecule has 0 saturated heterocycles. The Balaban J connectivity index is 2.14. The first kappa shape index (κ1) is 13.6. The first-order chi connectivity index (χ1) is 8.60. The van der Waals surface area contributed by atoms with Gasteiger partial charge in [0.1, 0.15) is 12.4 Å². The molecule has 0 radical (unpaired) electrons. The lowest BCUT2D eigenvalue weighted by Crippen LogP contribution is -1.96. The van der Waals surface area contributed by atoms with E-state index in [1.54, 1.807) is 0 Å². The largest absolute Gasteiger partial charge is 0.483 e. The van der Waals surface area contributed by atoms with Gasteiger partial charge in [-0.05, 0) is 56.5 Å². The fraction of sp³-hybridized carbons (Fsp3) is 0.250. The monoisotopic (exact) mass is 375 g/mol. The van der Waals surface area contributed by atoms with E-state index in [4.69, 9.17) is 14.4 Å². The maximum atomic E-state index is 9.08. The molecule has 1 N–H and O–H groups in total. The molecule has 0 fully saturated rings. The Morgan fingerprint density at radius 3 is 2.44 bits per heavy atom. The first-order valence-electron chi connectivity index (χ1n) is 5.24. The zero-order valence-corrected chi connectivity index (χ0v) is 12.8. The molecule has 2 aromatic rings. The van der Waals surface area contributed by atoms with Crippen molar-refractivity contribution < 1.29 is 14.4 Å². The average Bonchev–Trinajstić information content (AvgIpc) is 2.73. The van der Waals surface area contributed by atoms with Crippen LogP contribution in [-0.2, 0) is 13.2 Å². The second-order valence-corrected chi connectivity index (χ2v) is 5.48. The van der Waals surface area contributed by atoms with Crippen LogP contribution >= 0.6 is 31.9 Å². The molecule has 1 aromatic carbocycles. The minimum atomic E-state index is -0.0151. The molecule has 0 aliphatic rings. The Morgan fingerprint density at radius 2 is 1.94 bits per heavy atom. The molecular formula is C12H11Br2NO3. The van der Waals surface area contributed by atoms with Crippen molar-refractivity contribution in [2.45, 2.75) is 20.1 Å². The van der Waals surface area contributed by atoms with Gasteiger partial charge < -0.3 is 14.4 Å². The molecule has 1 aromatic heterocycles. The summed E-state index contributed by atoms with van der Waals surface area (Å²) < 4.78 is 12.3. The number of ether oxygens (including phenoxy) is 1. The fourth-order valence-electron chi connectivity index (χ4n) is 1.47. The van der Waals surface area contributed by atoms with E-state index >= 15 is 0 Å². The van der Waals surface area contributed by atoms with Gasteiger partial charge in [0, 0.05) is 6.07 Å². The number of hydrogen-bond donors (Lipinski definition) is 1. The number of hydrogen-bond acceptors (Lipinski definition) is 4. The topological polar surface area (TPSA) is 55.5 Å². The van der Waals surface area contributed by atoms with Crippen LogP contribution in [0.25, 0.3) is 0 Å². The van der Waals surface area contributed by atoms with Gasteiger partial charge in [-0.2, -0.15) is 0 Å². The molecule has 1 heterocycles. The Morgan fingerprint density at radius 1 is 1.28 bits per heavy atom. The van der Waals surface area contributed by atoms with E-state index in [2.05, 4.69) is 37.0 Å². The fourth-order valence-corrected chi connectivity index (χ4v) is 2.98. The standard InChI is InChI=1S/C12H11Br2NO3/c1-7-2-9(18-15-7)6-17-12-10(13)3-8(5-16)4-11(12)14/h2-4,16H,5-6H2,1H3. The van der Waals surface area contributed by atoms with Gasteiger partial charge in [0.15, 0.2) is 5.76 Å². The number of aromatic nitrogens is 1. The van der Waals surface area contributed by atoms with Crippen LogP contribution in [0.4, 0.5) is 0 Å². The van der Waals surface area contributed by atoms with Crippen molar-refractivity contribution in [1.29, 1.82) is 0 Å². The van der Waals surface area contributed by atoms with Gasteiger partial charge in [-0.1, -0.05) is 5.16 Å². The second-order valence-electron chi connectivity index (χ2n) is 3.77. The van der Waals surface area contributed by atoms with Gasteiger partial charge in [-0.25, -0.2) is 0 Å². The molecule has 0 aliphatic heterocycles. The van der Waals surface area contributed by atoms with Crippen LogP contribution in [0.15, 0.2) is 31.7 Å². The van der Waals surface area contributed by atoms with Crippen LogP contribution in [0.5, 0.6) is 5.75 Å². The van der Waals surface area contributed by atoms with E-state index < -0.39 is 0 Å². The van der Waals surface area contributed by atoms with Crippen molar-refractivity contribution in [2.75, 3.05) is 0 Å². The second kappa shape index (κ2) is 5.86. The van der Waals surface area contributed by atoms with E-state index in [1.807, 2.05) is 25.1 Å². The number of aliphatic hydroxyl groups excluding tert-OH is 1. The lowest BCUT2D eigenvalue weighted by atomic mass is 10.2. The van der Waals surface area contributed by atoms with Crippen molar-refractivity contribution in [3.63, 3.8) is 0 Å². The highest BCUT2D eigenvalue weighted by molar-refractivity contribution is 9.11. The summed E-state index contributed by atoms with van der Waals surface area (Å²) in [5, 5.41) is 12.9. The van der Waals surface area contributed by atoms with Crippen LogP contribution < -0.4 is 4.74 Å². The van der Waals surface area contributed by atoms with Gasteiger partial charge in [-0.15, -0.1) is 0 Å². The lowest BCUT2D eigenvalue weighted by Gasteiger charge is -2.10. The Bertz CT molecular complexity index is 531. The summed E-state index contributed by atoms with van der Waals surface area (Å²) in [6.07, 6.45) is 0. The van der Waals surface area contributed by atoms with Crippen molar-refractivity contribution >= 4 is 31.9 Å². The van der Waals surface area contributed by atoms with Gasteiger partial charge in [0.25, 0.3) is 0 Å². The minimum Gasteiger partial charge on any atom is -0.483 e. The number of halogens is 2. The van der Waals surface area contributed by atoms with Crippen LogP contribution in [0.1, 0.15) is 17.0 Å². The highest BCUT2D eigenvalue weighted by atomic mass is 79.9. The van der Waals surface area contributed by atoms with Gasteiger partial charge in [-0.3, -0.25) is 0 Å². The molecular weight excluding hydrogens is 366 g/mol. The number of aliphatic hydroxyl groups is 1. The predicted octanol–water partition coefficient (Wildman–Crippen LogP) is 3.58. The molecule has 0 spiro atoms. The van der Waals surface area contributed by atoms with Crippen molar-refractivity contribution in [2.24, 2.45) is 0 Å². The van der Waals surface area contributed by atoms with E-state index in [0.717, 1.165) is 20.2 Å². The maximum Gasteiger partial charge on any atom is 0.174 e. The number of benzene rings is 1. The lowest BCUT2D eigenvalue weighted by molar-refractivity contribution is 0.245. The van der Waals surface area contributed by atoms with E-state index in [9.17, 15) is 0 Å². The molecule has 4 nitrogen and oxygen atoms in total. The molecule has 0 atom stereocenters. The third kappa shape index (κ3) is 3.13. The molecule has 0 aliphatic carbocycles. The summed E-state index contributed by atoms with van der Waals surface area (Å²) in [5.74, 6) is 1.33. The maximum absolute atomic E-state index is 9.08. The first-order valence-corrected chi connectivity index (χ1v) is 6.82. The SMILES string of the molecule is Cc1cc(COc2c(Br)cc(CO)cc2Br)on1. The molecule has 0 amide bonds. The third-order valence-corrected chi connectivity index (χ3v) is 3.45. The van der Waals surface area contributed by atoms with E-state index in [0.29, 0.717) is 18.1 Å². The highest BCUT2D eigenvalue weighted by Crippen LogP contribution is 2.35. The number of aryl methyl sites for hydroxylation is 1. The summed E-state index contributed by atoms with van der Waals surface area (Å²) >= 11 is 6.81. The van der Waals surface area contributed by atoms with Crippen LogP contribution in [0, 0.1) is 6.92 Å². The molecule has 96 valence electrons. The molecule has 0 unspecified atom stereocenters. The predicted molar refractivity (Wildman–Crippen MR) is 73.3 cm³/mol. The normalized spacial score (nSPS) is 10.7. The van der Waals surface area contributed by atoms with Gasteiger partial charge in [0.05, 0.1) is 21.2 Å². The quantitative estimate of drug-likeness (QED) is 0.885. The Hall–Kier alpha value is -0.850. The summed E-state index contributed by atoms with van der Waals surface area (Å²) in [7, 11) is 0. The molecule has 2 rings (SSSR count). The van der Waals surface area contributed by atoms with Crippen LogP contribution in [0.3, 0.4) is 0 Å². The summed E-state index contributed by atoms with van der Waals surface area (Å²) in [4.78, 5) is 0. The molecule has 6 heteroatoms. The Kier molecular flexibility index (Phi) is 4.42. The molecule has 0 saturated carbocycles. The number of nitrogens with zero attached hydrogens (tertiary/aromatic N) is 1. The van der Waals surface area contributed by atoms with Crippen molar-refractivity contribution in [3.8, 4) is 5.75 Å². The Labute approximate surface area is 121 Å². The van der Waals surface area contributed by atoms with Gasteiger partial charge >= 0.3 is 0 Å². The smallest absolute Gasteiger partial charge is 0.174 e. The van der Waals surface area contributed by atoms with Crippen molar-refractivity contribution in [3.05, 3.63) is 44.2 Å². The zero-order valence-electron chi connectivity index (χ0n) is 9.61. The van der Waals surface area contributed by atoms with E-state index in [1.165, 1.54) is 0 Å². The summed E-state index contributed by atoms with van der Waals surface area (Å²) in [6, 6.07) is 5.45. The zero-order chi connectivity index (χ0) is 13.1. The minimum absolute atomic E-state index is 0.0151. The highest BCUT2D eigenvalue weighted by Gasteiger charge is 2.10. The van der Waals surface area contributed by atoms with Crippen LogP contribution in [0.2, 0.25) is 0 Å². The molecule has 18 heavy (non-hydrogen) atoms. The van der Waals surface area contributed by atoms with Crippen molar-refractivity contribution in [1.82, 2.24) is 5.16 Å². The summed E-state index contributed by atoms with van der Waals surface area (Å²) in [5.41, 5.74) is 1.62. The van der Waals surface area contributed by atoms with Gasteiger partial charge in [0.2, 0.25) is 0 Å². The van der Waals surface area contributed by atoms with Crippen LogP contribution in [-0.4, -0.2) is 10.3 Å². The summed E-state index contributed by atoms with van der Waals surface area (Å²) in [6.45, 7) is 2.14. The number of rotatable bonds is 4.